The number of ether oxygens (including phenoxy) is 2. The number of alkyl halides is 6. The van der Waals surface area contributed by atoms with Gasteiger partial charge < -0.3 is 25.8 Å². The fraction of sp³-hybridized carbons (Fsp3) is 0.108. The van der Waals surface area contributed by atoms with Gasteiger partial charge in [0.1, 0.15) is 11.5 Å². The average molecular weight is 790 g/mol. The number of hydrogen-bond donors (Lipinski definition) is 3. The van der Waals surface area contributed by atoms with Crippen LogP contribution in [0.4, 0.5) is 48.2 Å². The first kappa shape index (κ1) is 39.2. The molecule has 292 valence electrons. The van der Waals surface area contributed by atoms with Gasteiger partial charge in [-0.25, -0.2) is 14.8 Å². The zero-order valence-corrected chi connectivity index (χ0v) is 29.6. The number of nitrogens with one attached hydrogen (secondary N) is 2. The van der Waals surface area contributed by atoms with Crippen molar-refractivity contribution < 1.29 is 40.6 Å². The Kier molecular flexibility index (Phi) is 11.3. The SMILES string of the molecule is Cn1cc(-c2nccc(Oc3cccc(N)c3)n2)cn1.Cn1cc(-c2nccc(Oc3cccc(NC(=O)Nc4cc(C(F)(F)F)cc(C(F)(F)F)c4)c3)n2)cn1. The maximum atomic E-state index is 13.0. The number of benzene rings is 3. The van der Waals surface area contributed by atoms with Crippen LogP contribution in [0.2, 0.25) is 0 Å². The molecule has 0 atom stereocenters. The molecule has 0 spiro atoms. The maximum Gasteiger partial charge on any atom is 0.416 e. The van der Waals surface area contributed by atoms with Crippen molar-refractivity contribution in [3.8, 4) is 46.0 Å². The smallest absolute Gasteiger partial charge is 0.416 e. The molecule has 7 aromatic rings. The molecular weight excluding hydrogens is 760 g/mol. The number of nitrogen functional groups attached to an aromatic ring is 1. The number of carbonyl (C=O) groups excluding carboxylic acids is 1. The lowest BCUT2D eigenvalue weighted by Crippen LogP contribution is -2.20. The van der Waals surface area contributed by atoms with E-state index in [9.17, 15) is 31.1 Å². The van der Waals surface area contributed by atoms with Gasteiger partial charge in [-0.1, -0.05) is 12.1 Å². The molecular formula is C37H29F6N11O3. The van der Waals surface area contributed by atoms with Crippen LogP contribution in [0.1, 0.15) is 11.1 Å². The summed E-state index contributed by atoms with van der Waals surface area (Å²) in [6, 6.07) is 16.0. The van der Waals surface area contributed by atoms with E-state index in [2.05, 4.69) is 35.5 Å². The molecule has 4 N–H and O–H groups in total. The summed E-state index contributed by atoms with van der Waals surface area (Å²) in [5.41, 5.74) is 4.21. The molecule has 4 heterocycles. The van der Waals surface area contributed by atoms with Crippen molar-refractivity contribution in [2.24, 2.45) is 14.1 Å². The van der Waals surface area contributed by atoms with Crippen LogP contribution >= 0.6 is 0 Å². The molecule has 0 aliphatic carbocycles. The molecule has 0 fully saturated rings. The first-order valence-corrected chi connectivity index (χ1v) is 16.4. The minimum atomic E-state index is -5.04. The van der Waals surface area contributed by atoms with Crippen LogP contribution < -0.4 is 25.8 Å². The van der Waals surface area contributed by atoms with Gasteiger partial charge in [0.25, 0.3) is 0 Å². The second-order valence-corrected chi connectivity index (χ2v) is 11.9. The van der Waals surface area contributed by atoms with Gasteiger partial charge in [0.15, 0.2) is 11.6 Å². The lowest BCUT2D eigenvalue weighted by atomic mass is 10.1. The van der Waals surface area contributed by atoms with Gasteiger partial charge in [-0.05, 0) is 42.5 Å². The summed E-state index contributed by atoms with van der Waals surface area (Å²) in [4.78, 5) is 29.3. The Hall–Kier alpha value is -7.51. The van der Waals surface area contributed by atoms with Crippen molar-refractivity contribution >= 4 is 23.1 Å². The highest BCUT2D eigenvalue weighted by molar-refractivity contribution is 6.00. The third-order valence-corrected chi connectivity index (χ3v) is 7.43. The predicted octanol–water partition coefficient (Wildman–Crippen LogP) is 8.60. The second kappa shape index (κ2) is 16.5. The molecule has 4 aromatic heterocycles. The van der Waals surface area contributed by atoms with E-state index < -0.39 is 35.2 Å². The Balaban J connectivity index is 0.000000230. The van der Waals surface area contributed by atoms with Crippen molar-refractivity contribution in [3.63, 3.8) is 0 Å². The third-order valence-electron chi connectivity index (χ3n) is 7.43. The molecule has 0 unspecified atom stereocenters. The number of rotatable bonds is 8. The second-order valence-electron chi connectivity index (χ2n) is 11.9. The van der Waals surface area contributed by atoms with Crippen molar-refractivity contribution in [2.75, 3.05) is 16.4 Å². The van der Waals surface area contributed by atoms with E-state index in [-0.39, 0.29) is 23.4 Å². The highest BCUT2D eigenvalue weighted by Gasteiger charge is 2.37. The maximum absolute atomic E-state index is 13.0. The number of nitrogens with zero attached hydrogens (tertiary/aromatic N) is 8. The van der Waals surface area contributed by atoms with Crippen LogP contribution in [0, 0.1) is 0 Å². The van der Waals surface area contributed by atoms with Crippen molar-refractivity contribution in [1.82, 2.24) is 39.5 Å². The lowest BCUT2D eigenvalue weighted by Gasteiger charge is -2.15. The Labute approximate surface area is 319 Å². The molecule has 20 heteroatoms. The molecule has 0 saturated carbocycles. The number of amides is 2. The molecule has 2 amide bonds. The Morgan fingerprint density at radius 1 is 0.649 bits per heavy atom. The molecule has 0 saturated heterocycles. The van der Waals surface area contributed by atoms with Crippen molar-refractivity contribution in [1.29, 1.82) is 0 Å². The average Bonchev–Trinajstić information content (AvgIpc) is 3.79. The Morgan fingerprint density at radius 3 is 1.61 bits per heavy atom. The van der Waals surface area contributed by atoms with Crippen LogP contribution in [0.3, 0.4) is 0 Å². The summed E-state index contributed by atoms with van der Waals surface area (Å²) in [5.74, 6) is 2.45. The van der Waals surface area contributed by atoms with Gasteiger partial charge >= 0.3 is 18.4 Å². The van der Waals surface area contributed by atoms with Gasteiger partial charge in [-0.15, -0.1) is 0 Å². The van der Waals surface area contributed by atoms with E-state index in [4.69, 9.17) is 15.2 Å². The summed E-state index contributed by atoms with van der Waals surface area (Å²) in [5, 5.41) is 12.5. The number of aryl methyl sites for hydroxylation is 2. The number of aromatic nitrogens is 8. The normalized spacial score (nSPS) is 11.3. The fourth-order valence-electron chi connectivity index (χ4n) is 4.93. The van der Waals surface area contributed by atoms with E-state index in [0.717, 1.165) is 5.56 Å². The van der Waals surface area contributed by atoms with Crippen LogP contribution in [0.25, 0.3) is 22.8 Å². The number of halogens is 6. The van der Waals surface area contributed by atoms with Gasteiger partial charge in [-0.3, -0.25) is 9.36 Å². The van der Waals surface area contributed by atoms with Gasteiger partial charge in [0.05, 0.1) is 34.6 Å². The zero-order chi connectivity index (χ0) is 40.7. The quantitative estimate of drug-likeness (QED) is 0.1000. The summed E-state index contributed by atoms with van der Waals surface area (Å²) < 4.78 is 92.9. The number of urea groups is 1. The van der Waals surface area contributed by atoms with Crippen LogP contribution in [-0.2, 0) is 26.4 Å². The molecule has 0 radical (unpaired) electrons. The minimum absolute atomic E-state index is 0.0310. The van der Waals surface area contributed by atoms with Crippen molar-refractivity contribution in [3.05, 3.63) is 127 Å². The van der Waals surface area contributed by atoms with Gasteiger partial charge in [0.2, 0.25) is 11.8 Å². The lowest BCUT2D eigenvalue weighted by molar-refractivity contribution is -0.143. The predicted molar refractivity (Wildman–Crippen MR) is 195 cm³/mol. The minimum Gasteiger partial charge on any atom is -0.439 e. The fourth-order valence-corrected chi connectivity index (χ4v) is 4.93. The molecule has 0 aliphatic heterocycles. The monoisotopic (exact) mass is 789 g/mol. The Bertz CT molecular complexity index is 2470. The number of carbonyl (C=O) groups is 1. The molecule has 0 aliphatic rings. The summed E-state index contributed by atoms with van der Waals surface area (Å²) in [6.45, 7) is 0. The highest BCUT2D eigenvalue weighted by atomic mass is 19.4. The first-order valence-electron chi connectivity index (χ1n) is 16.4. The van der Waals surface area contributed by atoms with Gasteiger partial charge in [-0.2, -0.15) is 46.5 Å². The van der Waals surface area contributed by atoms with Crippen LogP contribution in [0.5, 0.6) is 23.3 Å². The van der Waals surface area contributed by atoms with Crippen molar-refractivity contribution in [2.45, 2.75) is 12.4 Å². The molecule has 0 bridgehead atoms. The first-order chi connectivity index (χ1) is 27.1. The molecule has 3 aromatic carbocycles. The Morgan fingerprint density at radius 2 is 1.14 bits per heavy atom. The molecule has 57 heavy (non-hydrogen) atoms. The summed E-state index contributed by atoms with van der Waals surface area (Å²) in [6.07, 6.45) is -0.120. The van der Waals surface area contributed by atoms with Crippen LogP contribution in [0.15, 0.2) is 116 Å². The number of nitrogens with two attached hydrogens (primary N) is 1. The standard InChI is InChI=1S/C23H16F6N6O2.C14H13N5O/c1-35-12-13(11-31-35)20-30-6-5-19(34-20)37-18-4-2-3-16(10-18)32-21(36)33-17-8-14(22(24,25)26)7-15(9-17)23(27,28)29;1-19-9-10(8-17-19)14-16-6-5-13(18-14)20-12-4-2-3-11(15)7-12/h2-12H,1H3,(H2,32,33,36);2-9H,15H2,1H3. The highest BCUT2D eigenvalue weighted by Crippen LogP contribution is 2.37. The van der Waals surface area contributed by atoms with Crippen LogP contribution in [-0.4, -0.2) is 45.5 Å². The molecule has 7 rings (SSSR count). The van der Waals surface area contributed by atoms with E-state index in [0.29, 0.717) is 46.7 Å². The van der Waals surface area contributed by atoms with E-state index in [1.165, 1.54) is 30.5 Å². The topological polar surface area (TPSA) is 173 Å². The summed E-state index contributed by atoms with van der Waals surface area (Å²) >= 11 is 0. The zero-order valence-electron chi connectivity index (χ0n) is 29.6. The number of hydrogen-bond acceptors (Lipinski definition) is 10. The largest absolute Gasteiger partial charge is 0.439 e. The number of anilines is 3. The third kappa shape index (κ3) is 10.8. The summed E-state index contributed by atoms with van der Waals surface area (Å²) in [7, 11) is 3.58. The molecule has 14 nitrogen and oxygen atoms in total. The van der Waals surface area contributed by atoms with E-state index >= 15 is 0 Å². The van der Waals surface area contributed by atoms with E-state index in [1.54, 1.807) is 65.5 Å². The van der Waals surface area contributed by atoms with Gasteiger partial charge in [0, 0.05) is 80.2 Å². The van der Waals surface area contributed by atoms with E-state index in [1.807, 2.05) is 30.7 Å².